The number of hydrogen-bond acceptors (Lipinski definition) is 3. The van der Waals surface area contributed by atoms with Crippen molar-refractivity contribution in [1.82, 2.24) is 5.32 Å². The van der Waals surface area contributed by atoms with Gasteiger partial charge in [-0.15, -0.1) is 0 Å². The van der Waals surface area contributed by atoms with Crippen LogP contribution in [0.25, 0.3) is 0 Å². The van der Waals surface area contributed by atoms with Crippen molar-refractivity contribution in [3.63, 3.8) is 0 Å². The Kier molecular flexibility index (Phi) is 6.88. The lowest BCUT2D eigenvalue weighted by Crippen LogP contribution is -2.45. The van der Waals surface area contributed by atoms with E-state index in [9.17, 15) is 4.79 Å². The number of nitrogens with one attached hydrogen (secondary N) is 1. The van der Waals surface area contributed by atoms with Gasteiger partial charge in [-0.25, -0.2) is 0 Å². The van der Waals surface area contributed by atoms with Crippen LogP contribution in [-0.4, -0.2) is 32.3 Å². The molecule has 0 aliphatic carbocycles. The van der Waals surface area contributed by atoms with Gasteiger partial charge in [-0.1, -0.05) is 46.9 Å². The summed E-state index contributed by atoms with van der Waals surface area (Å²) in [4.78, 5) is 12.3. The molecule has 1 aliphatic rings. The molecule has 4 nitrogen and oxygen atoms in total. The molecule has 0 unspecified atom stereocenters. The van der Waals surface area contributed by atoms with Crippen molar-refractivity contribution in [2.45, 2.75) is 18.3 Å². The van der Waals surface area contributed by atoms with E-state index in [1.165, 1.54) is 0 Å². The Labute approximate surface area is 173 Å². The summed E-state index contributed by atoms with van der Waals surface area (Å²) in [6.45, 7) is 1.75. The second-order valence-electron chi connectivity index (χ2n) is 6.54. The highest BCUT2D eigenvalue weighted by molar-refractivity contribution is 6.42. The average molecular weight is 429 g/mol. The van der Waals surface area contributed by atoms with Crippen LogP contribution >= 0.6 is 34.8 Å². The van der Waals surface area contributed by atoms with E-state index in [1.54, 1.807) is 18.2 Å². The summed E-state index contributed by atoms with van der Waals surface area (Å²) in [6, 6.07) is 12.7. The lowest BCUT2D eigenvalue weighted by Gasteiger charge is -2.38. The fourth-order valence-corrected chi connectivity index (χ4v) is 3.58. The van der Waals surface area contributed by atoms with Gasteiger partial charge in [-0.3, -0.25) is 4.79 Å². The van der Waals surface area contributed by atoms with Gasteiger partial charge in [0.05, 0.1) is 10.0 Å². The molecule has 2 aromatic carbocycles. The van der Waals surface area contributed by atoms with Gasteiger partial charge in [0.2, 0.25) is 0 Å². The molecule has 7 heteroatoms. The Morgan fingerprint density at radius 1 is 1.04 bits per heavy atom. The molecule has 27 heavy (non-hydrogen) atoms. The highest BCUT2D eigenvalue weighted by atomic mass is 35.5. The SMILES string of the molecule is O=C(COc1ccc(Cl)c(Cl)c1)NCC1(c2ccc(Cl)cc2)CCOCC1. The van der Waals surface area contributed by atoms with Crippen molar-refractivity contribution < 1.29 is 14.3 Å². The topological polar surface area (TPSA) is 47.6 Å². The molecule has 1 fully saturated rings. The first-order chi connectivity index (χ1) is 13.0. The molecule has 1 heterocycles. The first kappa shape index (κ1) is 20.3. The number of carbonyl (C=O) groups is 1. The van der Waals surface area contributed by atoms with Gasteiger partial charge in [-0.2, -0.15) is 0 Å². The van der Waals surface area contributed by atoms with Crippen molar-refractivity contribution in [1.29, 1.82) is 0 Å². The van der Waals surface area contributed by atoms with E-state index in [0.29, 0.717) is 40.6 Å². The number of amides is 1. The first-order valence-corrected chi connectivity index (χ1v) is 9.80. The summed E-state index contributed by atoms with van der Waals surface area (Å²) in [6.07, 6.45) is 1.67. The third kappa shape index (κ3) is 5.29. The largest absolute Gasteiger partial charge is 0.484 e. The normalized spacial score (nSPS) is 16.0. The molecular formula is C20H20Cl3NO3. The third-order valence-corrected chi connectivity index (χ3v) is 5.78. The highest BCUT2D eigenvalue weighted by Gasteiger charge is 2.34. The molecule has 1 amide bonds. The van der Waals surface area contributed by atoms with Gasteiger partial charge in [0.1, 0.15) is 5.75 Å². The fourth-order valence-electron chi connectivity index (χ4n) is 3.17. The smallest absolute Gasteiger partial charge is 0.257 e. The fraction of sp³-hybridized carbons (Fsp3) is 0.350. The molecule has 3 rings (SSSR count). The number of carbonyl (C=O) groups excluding carboxylic acids is 1. The lowest BCUT2D eigenvalue weighted by molar-refractivity contribution is -0.123. The number of ether oxygens (including phenoxy) is 2. The molecule has 1 saturated heterocycles. The Morgan fingerprint density at radius 2 is 1.74 bits per heavy atom. The second kappa shape index (κ2) is 9.16. The zero-order valence-electron chi connectivity index (χ0n) is 14.6. The van der Waals surface area contributed by atoms with E-state index in [4.69, 9.17) is 44.3 Å². The Bertz CT molecular complexity index is 790. The van der Waals surface area contributed by atoms with E-state index >= 15 is 0 Å². The molecule has 1 aliphatic heterocycles. The first-order valence-electron chi connectivity index (χ1n) is 8.67. The van der Waals surface area contributed by atoms with Gasteiger partial charge >= 0.3 is 0 Å². The molecule has 144 valence electrons. The van der Waals surface area contributed by atoms with Gasteiger partial charge in [0.25, 0.3) is 5.91 Å². The zero-order valence-corrected chi connectivity index (χ0v) is 16.9. The van der Waals surface area contributed by atoms with E-state index in [2.05, 4.69) is 5.32 Å². The molecule has 0 atom stereocenters. The van der Waals surface area contributed by atoms with Crippen molar-refractivity contribution in [3.8, 4) is 5.75 Å². The summed E-state index contributed by atoms with van der Waals surface area (Å²) in [7, 11) is 0. The van der Waals surface area contributed by atoms with Crippen LogP contribution < -0.4 is 10.1 Å². The van der Waals surface area contributed by atoms with Crippen LogP contribution in [0.3, 0.4) is 0 Å². The van der Waals surface area contributed by atoms with Crippen molar-refractivity contribution in [2.24, 2.45) is 0 Å². The third-order valence-electron chi connectivity index (χ3n) is 4.79. The van der Waals surface area contributed by atoms with E-state index in [-0.39, 0.29) is 17.9 Å². The molecule has 0 radical (unpaired) electrons. The van der Waals surface area contributed by atoms with Gasteiger partial charge in [0, 0.05) is 36.3 Å². The minimum absolute atomic E-state index is 0.0921. The van der Waals surface area contributed by atoms with Crippen LogP contribution in [0.5, 0.6) is 5.75 Å². The van der Waals surface area contributed by atoms with Crippen molar-refractivity contribution >= 4 is 40.7 Å². The number of benzene rings is 2. The van der Waals surface area contributed by atoms with Gasteiger partial charge < -0.3 is 14.8 Å². The average Bonchev–Trinajstić information content (AvgIpc) is 2.68. The van der Waals surface area contributed by atoms with Crippen LogP contribution in [0, 0.1) is 0 Å². The summed E-state index contributed by atoms with van der Waals surface area (Å²) in [5.74, 6) is 0.305. The van der Waals surface area contributed by atoms with E-state index < -0.39 is 0 Å². The van der Waals surface area contributed by atoms with Crippen LogP contribution in [0.2, 0.25) is 15.1 Å². The van der Waals surface area contributed by atoms with Crippen molar-refractivity contribution in [3.05, 3.63) is 63.1 Å². The maximum absolute atomic E-state index is 12.3. The monoisotopic (exact) mass is 427 g/mol. The molecule has 2 aromatic rings. The maximum atomic E-state index is 12.3. The Balaban J connectivity index is 1.60. The van der Waals surface area contributed by atoms with E-state index in [1.807, 2.05) is 24.3 Å². The Hall–Kier alpha value is -1.46. The van der Waals surface area contributed by atoms with Gasteiger partial charge in [-0.05, 0) is 42.7 Å². The second-order valence-corrected chi connectivity index (χ2v) is 7.79. The van der Waals surface area contributed by atoms with Gasteiger partial charge in [0.15, 0.2) is 6.61 Å². The number of halogens is 3. The minimum Gasteiger partial charge on any atom is -0.484 e. The highest BCUT2D eigenvalue weighted by Crippen LogP contribution is 2.35. The minimum atomic E-state index is -0.194. The molecule has 0 saturated carbocycles. The number of hydrogen-bond donors (Lipinski definition) is 1. The van der Waals surface area contributed by atoms with Crippen LogP contribution in [0.4, 0.5) is 0 Å². The molecule has 0 spiro atoms. The predicted molar refractivity (Wildman–Crippen MR) is 108 cm³/mol. The zero-order chi connectivity index (χ0) is 19.3. The quantitative estimate of drug-likeness (QED) is 0.712. The van der Waals surface area contributed by atoms with Crippen molar-refractivity contribution in [2.75, 3.05) is 26.4 Å². The molecular weight excluding hydrogens is 409 g/mol. The summed E-state index contributed by atoms with van der Waals surface area (Å²) >= 11 is 17.8. The van der Waals surface area contributed by atoms with Crippen LogP contribution in [0.1, 0.15) is 18.4 Å². The van der Waals surface area contributed by atoms with E-state index in [0.717, 1.165) is 18.4 Å². The molecule has 1 N–H and O–H groups in total. The standard InChI is InChI=1S/C20H20Cl3NO3/c21-15-3-1-14(2-4-15)20(7-9-26-10-8-20)13-24-19(25)12-27-16-5-6-17(22)18(23)11-16/h1-6,11H,7-10,12-13H2,(H,24,25). The summed E-state index contributed by atoms with van der Waals surface area (Å²) < 4.78 is 11.0. The summed E-state index contributed by atoms with van der Waals surface area (Å²) in [5.41, 5.74) is 0.989. The number of rotatable bonds is 6. The maximum Gasteiger partial charge on any atom is 0.257 e. The lowest BCUT2D eigenvalue weighted by atomic mass is 9.74. The molecule has 0 aromatic heterocycles. The molecule has 0 bridgehead atoms. The Morgan fingerprint density at radius 3 is 2.41 bits per heavy atom. The van der Waals surface area contributed by atoms with Crippen LogP contribution in [0.15, 0.2) is 42.5 Å². The van der Waals surface area contributed by atoms with Crippen LogP contribution in [-0.2, 0) is 14.9 Å². The summed E-state index contributed by atoms with van der Waals surface area (Å²) in [5, 5.41) is 4.52. The predicted octanol–water partition coefficient (Wildman–Crippen LogP) is 4.89.